The number of carbonyl (C=O) groups is 1. The number of anilines is 1. The Morgan fingerprint density at radius 1 is 1.03 bits per heavy atom. The van der Waals surface area contributed by atoms with E-state index in [1.165, 1.54) is 11.3 Å². The van der Waals surface area contributed by atoms with E-state index in [1.54, 1.807) is 26.4 Å². The van der Waals surface area contributed by atoms with Gasteiger partial charge in [0.15, 0.2) is 28.0 Å². The molecule has 5 rings (SSSR count). The zero-order valence-electron chi connectivity index (χ0n) is 16.1. The zero-order chi connectivity index (χ0) is 20.7. The summed E-state index contributed by atoms with van der Waals surface area (Å²) in [7, 11) is 3.17. The van der Waals surface area contributed by atoms with Crippen LogP contribution in [0, 0.1) is 0 Å². The summed E-state index contributed by atoms with van der Waals surface area (Å²) in [6.07, 6.45) is 0. The van der Waals surface area contributed by atoms with E-state index in [9.17, 15) is 4.79 Å². The number of rotatable bonds is 5. The van der Waals surface area contributed by atoms with Crippen molar-refractivity contribution in [1.82, 2.24) is 4.98 Å². The summed E-state index contributed by atoms with van der Waals surface area (Å²) in [5.41, 5.74) is 1.87. The molecule has 0 saturated carbocycles. The highest BCUT2D eigenvalue weighted by Crippen LogP contribution is 2.33. The van der Waals surface area contributed by atoms with E-state index in [2.05, 4.69) is 10.3 Å². The molecule has 3 aromatic heterocycles. The van der Waals surface area contributed by atoms with E-state index in [-0.39, 0.29) is 11.7 Å². The van der Waals surface area contributed by atoms with Crippen molar-refractivity contribution in [2.45, 2.75) is 0 Å². The third-order valence-electron chi connectivity index (χ3n) is 4.66. The minimum atomic E-state index is -0.386. The van der Waals surface area contributed by atoms with Crippen LogP contribution in [0.3, 0.4) is 0 Å². The van der Waals surface area contributed by atoms with E-state index in [0.29, 0.717) is 33.5 Å². The fourth-order valence-corrected chi connectivity index (χ4v) is 3.87. The van der Waals surface area contributed by atoms with Gasteiger partial charge in [-0.2, -0.15) is 0 Å². The number of furan rings is 2. The van der Waals surface area contributed by atoms with Crippen LogP contribution in [-0.2, 0) is 0 Å². The summed E-state index contributed by atoms with van der Waals surface area (Å²) in [5.74, 6) is 1.70. The highest BCUT2D eigenvalue weighted by atomic mass is 32.1. The predicted molar refractivity (Wildman–Crippen MR) is 115 cm³/mol. The fourth-order valence-electron chi connectivity index (χ4n) is 3.18. The minimum Gasteiger partial charge on any atom is -0.497 e. The molecule has 0 aliphatic rings. The van der Waals surface area contributed by atoms with Gasteiger partial charge in [-0.1, -0.05) is 12.1 Å². The number of ether oxygens (including phenoxy) is 2. The summed E-state index contributed by atoms with van der Waals surface area (Å²) >= 11 is 1.31. The molecular weight excluding hydrogens is 404 g/mol. The van der Waals surface area contributed by atoms with E-state index >= 15 is 0 Å². The van der Waals surface area contributed by atoms with Gasteiger partial charge in [-0.05, 0) is 30.3 Å². The van der Waals surface area contributed by atoms with Crippen LogP contribution in [0.5, 0.6) is 11.5 Å². The molecule has 7 nitrogen and oxygen atoms in total. The van der Waals surface area contributed by atoms with Crippen molar-refractivity contribution in [3.05, 3.63) is 59.7 Å². The lowest BCUT2D eigenvalue weighted by Crippen LogP contribution is -2.10. The second kappa shape index (κ2) is 7.23. The van der Waals surface area contributed by atoms with Crippen molar-refractivity contribution in [2.75, 3.05) is 19.5 Å². The van der Waals surface area contributed by atoms with Crippen LogP contribution in [0.1, 0.15) is 10.6 Å². The average Bonchev–Trinajstić information content (AvgIpc) is 3.49. The van der Waals surface area contributed by atoms with Crippen molar-refractivity contribution in [1.29, 1.82) is 0 Å². The van der Waals surface area contributed by atoms with Gasteiger partial charge in [-0.15, -0.1) is 11.3 Å². The number of para-hydroxylation sites is 1. The van der Waals surface area contributed by atoms with Gasteiger partial charge in [-0.25, -0.2) is 4.98 Å². The Balaban J connectivity index is 1.39. The molecule has 150 valence electrons. The van der Waals surface area contributed by atoms with Crippen LogP contribution >= 0.6 is 11.3 Å². The Morgan fingerprint density at radius 3 is 2.77 bits per heavy atom. The molecule has 0 aliphatic heterocycles. The van der Waals surface area contributed by atoms with E-state index in [4.69, 9.17) is 18.3 Å². The van der Waals surface area contributed by atoms with Crippen LogP contribution in [0.2, 0.25) is 0 Å². The molecule has 0 radical (unpaired) electrons. The molecule has 1 N–H and O–H groups in total. The van der Waals surface area contributed by atoms with Crippen LogP contribution in [0.15, 0.2) is 62.7 Å². The van der Waals surface area contributed by atoms with E-state index in [0.717, 1.165) is 16.5 Å². The molecule has 8 heteroatoms. The Labute approximate surface area is 174 Å². The average molecular weight is 420 g/mol. The standard InChI is InChI=1S/C22H16N2O5S/c1-26-14-7-6-12-8-18(28-17(12)10-14)15-11-30-22(23-15)24-21(25)19-9-13-4-3-5-16(27-2)20(13)29-19/h3-11H,1-2H3,(H,23,24,25). The molecule has 1 amide bonds. The Morgan fingerprint density at radius 2 is 1.93 bits per heavy atom. The second-order valence-electron chi connectivity index (χ2n) is 6.50. The maximum atomic E-state index is 12.6. The van der Waals surface area contributed by atoms with Gasteiger partial charge in [-0.3, -0.25) is 10.1 Å². The van der Waals surface area contributed by atoms with Gasteiger partial charge in [0.2, 0.25) is 0 Å². The molecule has 0 bridgehead atoms. The highest BCUT2D eigenvalue weighted by Gasteiger charge is 2.17. The molecule has 3 heterocycles. The van der Waals surface area contributed by atoms with Gasteiger partial charge in [0.05, 0.1) is 14.2 Å². The van der Waals surface area contributed by atoms with Gasteiger partial charge in [0, 0.05) is 22.2 Å². The van der Waals surface area contributed by atoms with Crippen LogP contribution in [0.25, 0.3) is 33.4 Å². The molecule has 0 fully saturated rings. The number of hydrogen-bond donors (Lipinski definition) is 1. The third-order valence-corrected chi connectivity index (χ3v) is 5.41. The maximum absolute atomic E-state index is 12.6. The summed E-state index contributed by atoms with van der Waals surface area (Å²) < 4.78 is 22.1. The molecular formula is C22H16N2O5S. The number of nitrogens with one attached hydrogen (secondary N) is 1. The largest absolute Gasteiger partial charge is 0.497 e. The summed E-state index contributed by atoms with van der Waals surface area (Å²) in [6.45, 7) is 0. The first kappa shape index (κ1) is 18.3. The Hall–Kier alpha value is -3.78. The van der Waals surface area contributed by atoms with Crippen molar-refractivity contribution < 1.29 is 23.1 Å². The number of benzene rings is 2. The lowest BCUT2D eigenvalue weighted by molar-refractivity contribution is 0.0998. The smallest absolute Gasteiger partial charge is 0.293 e. The number of carbonyl (C=O) groups excluding carboxylic acids is 1. The van der Waals surface area contributed by atoms with Crippen molar-refractivity contribution in [3.63, 3.8) is 0 Å². The number of hydrogen-bond acceptors (Lipinski definition) is 7. The first-order valence-electron chi connectivity index (χ1n) is 9.06. The van der Waals surface area contributed by atoms with Crippen LogP contribution in [-0.4, -0.2) is 25.1 Å². The molecule has 2 aromatic carbocycles. The number of thiazole rings is 1. The lowest BCUT2D eigenvalue weighted by Gasteiger charge is -1.99. The Bertz CT molecular complexity index is 1380. The second-order valence-corrected chi connectivity index (χ2v) is 7.35. The first-order valence-corrected chi connectivity index (χ1v) is 9.94. The SMILES string of the molecule is COc1ccc2cc(-c3csc(NC(=O)c4cc5cccc(OC)c5o4)n3)oc2c1. The third kappa shape index (κ3) is 3.17. The normalized spacial score (nSPS) is 11.1. The molecule has 0 aliphatic carbocycles. The number of nitrogens with zero attached hydrogens (tertiary/aromatic N) is 1. The fraction of sp³-hybridized carbons (Fsp3) is 0.0909. The van der Waals surface area contributed by atoms with Gasteiger partial charge >= 0.3 is 0 Å². The quantitative estimate of drug-likeness (QED) is 0.400. The molecule has 0 spiro atoms. The van der Waals surface area contributed by atoms with Crippen molar-refractivity contribution in [3.8, 4) is 23.0 Å². The topological polar surface area (TPSA) is 86.7 Å². The van der Waals surface area contributed by atoms with Crippen molar-refractivity contribution >= 4 is 44.3 Å². The van der Waals surface area contributed by atoms with E-state index in [1.807, 2.05) is 41.8 Å². The molecule has 0 atom stereocenters. The Kier molecular flexibility index (Phi) is 4.40. The number of aromatic nitrogens is 1. The molecule has 30 heavy (non-hydrogen) atoms. The molecule has 0 unspecified atom stereocenters. The lowest BCUT2D eigenvalue weighted by atomic mass is 10.2. The van der Waals surface area contributed by atoms with Crippen LogP contribution in [0.4, 0.5) is 5.13 Å². The monoisotopic (exact) mass is 420 g/mol. The summed E-state index contributed by atoms with van der Waals surface area (Å²) in [6, 6.07) is 14.7. The van der Waals surface area contributed by atoms with Gasteiger partial charge in [0.1, 0.15) is 17.0 Å². The number of methoxy groups -OCH3 is 2. The van der Waals surface area contributed by atoms with Crippen LogP contribution < -0.4 is 14.8 Å². The highest BCUT2D eigenvalue weighted by molar-refractivity contribution is 7.14. The molecule has 0 saturated heterocycles. The minimum absolute atomic E-state index is 0.182. The number of fused-ring (bicyclic) bond motifs is 2. The van der Waals surface area contributed by atoms with Gasteiger partial charge in [0.25, 0.3) is 5.91 Å². The summed E-state index contributed by atoms with van der Waals surface area (Å²) in [5, 5.41) is 6.78. The molecule has 5 aromatic rings. The predicted octanol–water partition coefficient (Wildman–Crippen LogP) is 5.57. The maximum Gasteiger partial charge on any atom is 0.293 e. The summed E-state index contributed by atoms with van der Waals surface area (Å²) in [4.78, 5) is 17.1. The first-order chi connectivity index (χ1) is 14.6. The zero-order valence-corrected chi connectivity index (χ0v) is 16.9. The van der Waals surface area contributed by atoms with Crippen molar-refractivity contribution in [2.24, 2.45) is 0 Å². The van der Waals surface area contributed by atoms with E-state index < -0.39 is 0 Å². The number of amides is 1. The van der Waals surface area contributed by atoms with Gasteiger partial charge < -0.3 is 18.3 Å².